The van der Waals surface area contributed by atoms with Gasteiger partial charge in [-0.05, 0) is 36.4 Å². The van der Waals surface area contributed by atoms with Crippen LogP contribution in [0, 0.1) is 0 Å². The van der Waals surface area contributed by atoms with E-state index in [2.05, 4.69) is 5.32 Å². The van der Waals surface area contributed by atoms with Crippen molar-refractivity contribution in [2.24, 2.45) is 0 Å². The number of methoxy groups -OCH3 is 2. The van der Waals surface area contributed by atoms with Crippen molar-refractivity contribution >= 4 is 34.5 Å². The zero-order valence-electron chi connectivity index (χ0n) is 17.0. The van der Waals surface area contributed by atoms with E-state index in [1.807, 2.05) is 52.5 Å². The number of nitrogens with zero attached hydrogens (tertiary/aromatic N) is 2. The molecule has 0 radical (unpaired) electrons. The van der Waals surface area contributed by atoms with Gasteiger partial charge in [-0.15, -0.1) is 11.3 Å². The second-order valence-corrected chi connectivity index (χ2v) is 7.98. The highest BCUT2D eigenvalue weighted by atomic mass is 35.5. The molecule has 8 heteroatoms. The van der Waals surface area contributed by atoms with Gasteiger partial charge in [-0.3, -0.25) is 4.79 Å². The molecule has 0 saturated carbocycles. The van der Waals surface area contributed by atoms with Gasteiger partial charge >= 0.3 is 0 Å². The molecule has 1 N–H and O–H groups in total. The van der Waals surface area contributed by atoms with Gasteiger partial charge < -0.3 is 19.4 Å². The Morgan fingerprint density at radius 2 is 1.94 bits per heavy atom. The summed E-state index contributed by atoms with van der Waals surface area (Å²) < 4.78 is 12.4. The lowest BCUT2D eigenvalue weighted by molar-refractivity contribution is -0.116. The molecule has 2 aromatic carbocycles. The number of anilines is 1. The van der Waals surface area contributed by atoms with Gasteiger partial charge in [0.25, 0.3) is 0 Å². The van der Waals surface area contributed by atoms with E-state index in [1.165, 1.54) is 11.3 Å². The number of hydrogen-bond donors (Lipinski definition) is 1. The van der Waals surface area contributed by atoms with Gasteiger partial charge in [0.15, 0.2) is 0 Å². The molecule has 6 nitrogen and oxygen atoms in total. The quantitative estimate of drug-likeness (QED) is 0.396. The number of halogens is 1. The van der Waals surface area contributed by atoms with Crippen LogP contribution in [0.3, 0.4) is 0 Å². The molecule has 2 heterocycles. The van der Waals surface area contributed by atoms with Crippen molar-refractivity contribution in [1.82, 2.24) is 9.55 Å². The maximum Gasteiger partial charge on any atom is 0.244 e. The molecule has 0 fully saturated rings. The minimum absolute atomic E-state index is 0.137. The summed E-state index contributed by atoms with van der Waals surface area (Å²) in [5, 5.41) is 6.41. The maximum absolute atomic E-state index is 12.7. The molecule has 4 aromatic rings. The van der Waals surface area contributed by atoms with Crippen LogP contribution in [-0.4, -0.2) is 29.7 Å². The van der Waals surface area contributed by atoms with Crippen molar-refractivity contribution in [3.8, 4) is 33.5 Å². The van der Waals surface area contributed by atoms with Gasteiger partial charge in [0, 0.05) is 28.2 Å². The lowest BCUT2D eigenvalue weighted by Crippen LogP contribution is -2.19. The number of rotatable bonds is 7. The van der Waals surface area contributed by atoms with E-state index < -0.39 is 0 Å². The highest BCUT2D eigenvalue weighted by Gasteiger charge is 2.14. The van der Waals surface area contributed by atoms with Gasteiger partial charge in [0.05, 0.1) is 31.3 Å². The smallest absolute Gasteiger partial charge is 0.244 e. The van der Waals surface area contributed by atoms with Crippen molar-refractivity contribution < 1.29 is 14.3 Å². The van der Waals surface area contributed by atoms with E-state index in [9.17, 15) is 4.79 Å². The summed E-state index contributed by atoms with van der Waals surface area (Å²) in [4.78, 5) is 17.5. The van der Waals surface area contributed by atoms with Crippen LogP contribution >= 0.6 is 22.9 Å². The highest BCUT2D eigenvalue weighted by Crippen LogP contribution is 2.31. The zero-order chi connectivity index (χ0) is 21.8. The van der Waals surface area contributed by atoms with Crippen LogP contribution in [0.4, 0.5) is 5.69 Å². The number of carbonyl (C=O) groups excluding carboxylic acids is 1. The Kier molecular flexibility index (Phi) is 6.25. The van der Waals surface area contributed by atoms with Crippen LogP contribution in [0.25, 0.3) is 22.0 Å². The summed E-state index contributed by atoms with van der Waals surface area (Å²) in [7, 11) is 3.13. The Bertz CT molecular complexity index is 1200. The summed E-state index contributed by atoms with van der Waals surface area (Å²) >= 11 is 7.50. The van der Waals surface area contributed by atoms with Crippen LogP contribution in [0.15, 0.2) is 66.2 Å². The summed E-state index contributed by atoms with van der Waals surface area (Å²) in [5.41, 5.74) is 3.29. The second-order valence-electron chi connectivity index (χ2n) is 6.68. The first-order valence-electron chi connectivity index (χ1n) is 9.46. The lowest BCUT2D eigenvalue weighted by atomic mass is 10.2. The average molecular weight is 454 g/mol. The number of aromatic nitrogens is 2. The van der Waals surface area contributed by atoms with Gasteiger partial charge in [0.1, 0.15) is 23.1 Å². The molecule has 0 aliphatic heterocycles. The largest absolute Gasteiger partial charge is 0.497 e. The molecule has 0 bridgehead atoms. The zero-order valence-corrected chi connectivity index (χ0v) is 18.5. The summed E-state index contributed by atoms with van der Waals surface area (Å²) in [5.74, 6) is 1.02. The van der Waals surface area contributed by atoms with Gasteiger partial charge in [-0.1, -0.05) is 23.7 Å². The molecule has 0 atom stereocenters. The van der Waals surface area contributed by atoms with E-state index in [0.717, 1.165) is 22.0 Å². The first kappa shape index (κ1) is 21.0. The van der Waals surface area contributed by atoms with Crippen molar-refractivity contribution in [1.29, 1.82) is 0 Å². The van der Waals surface area contributed by atoms with E-state index in [0.29, 0.717) is 22.2 Å². The Morgan fingerprint density at radius 3 is 2.68 bits per heavy atom. The van der Waals surface area contributed by atoms with Crippen molar-refractivity contribution in [3.63, 3.8) is 0 Å². The topological polar surface area (TPSA) is 65.4 Å². The van der Waals surface area contributed by atoms with Crippen LogP contribution in [0.5, 0.6) is 11.5 Å². The number of ether oxygens (including phenoxy) is 2. The molecule has 158 valence electrons. The lowest BCUT2D eigenvalue weighted by Gasteiger charge is -2.13. The average Bonchev–Trinajstić information content (AvgIpc) is 3.43. The molecule has 0 aliphatic rings. The van der Waals surface area contributed by atoms with E-state index in [-0.39, 0.29) is 12.5 Å². The van der Waals surface area contributed by atoms with Crippen LogP contribution in [0.1, 0.15) is 0 Å². The molecule has 0 saturated heterocycles. The predicted molar refractivity (Wildman–Crippen MR) is 124 cm³/mol. The predicted octanol–water partition coefficient (Wildman–Crippen LogP) is 5.59. The summed E-state index contributed by atoms with van der Waals surface area (Å²) in [6, 6.07) is 16.7. The van der Waals surface area contributed by atoms with Gasteiger partial charge in [-0.25, -0.2) is 4.98 Å². The van der Waals surface area contributed by atoms with Crippen molar-refractivity contribution in [2.45, 2.75) is 6.54 Å². The third kappa shape index (κ3) is 4.73. The fourth-order valence-corrected chi connectivity index (χ4v) is 4.14. The maximum atomic E-state index is 12.7. The molecular formula is C23H20ClN3O3S. The fraction of sp³-hybridized carbons (Fsp3) is 0.130. The number of nitrogens with one attached hydrogen (secondary N) is 1. The van der Waals surface area contributed by atoms with Gasteiger partial charge in [0.2, 0.25) is 5.91 Å². The van der Waals surface area contributed by atoms with Crippen LogP contribution in [-0.2, 0) is 11.3 Å². The highest BCUT2D eigenvalue weighted by molar-refractivity contribution is 7.13. The van der Waals surface area contributed by atoms with Gasteiger partial charge in [-0.2, -0.15) is 0 Å². The molecule has 0 unspecified atom stereocenters. The van der Waals surface area contributed by atoms with E-state index >= 15 is 0 Å². The number of carbonyl (C=O) groups is 1. The van der Waals surface area contributed by atoms with Crippen molar-refractivity contribution in [2.75, 3.05) is 19.5 Å². The molecule has 0 aliphatic carbocycles. The Balaban J connectivity index is 1.52. The van der Waals surface area contributed by atoms with E-state index in [1.54, 1.807) is 32.4 Å². The molecule has 31 heavy (non-hydrogen) atoms. The molecule has 2 aromatic heterocycles. The Morgan fingerprint density at radius 1 is 1.13 bits per heavy atom. The minimum atomic E-state index is -0.182. The second kappa shape index (κ2) is 9.24. The SMILES string of the molecule is COc1ccc(OC)c(NC(=O)Cn2cccc2-c2nc(-c3ccc(Cl)cc3)cs2)c1. The number of hydrogen-bond acceptors (Lipinski definition) is 5. The Labute approximate surface area is 189 Å². The first-order chi connectivity index (χ1) is 15.1. The minimum Gasteiger partial charge on any atom is -0.497 e. The van der Waals surface area contributed by atoms with Crippen LogP contribution in [0.2, 0.25) is 5.02 Å². The standard InChI is InChI=1S/C23H20ClN3O3S/c1-29-17-9-10-21(30-2)18(12-17)25-22(28)13-27-11-3-4-20(27)23-26-19(14-31-23)15-5-7-16(24)8-6-15/h3-12,14H,13H2,1-2H3,(H,25,28). The number of benzene rings is 2. The molecule has 4 rings (SSSR count). The van der Waals surface area contributed by atoms with E-state index in [4.69, 9.17) is 26.1 Å². The molecule has 0 spiro atoms. The Hall–Kier alpha value is -3.29. The summed E-state index contributed by atoms with van der Waals surface area (Å²) in [6.45, 7) is 0.137. The number of thiazole rings is 1. The first-order valence-corrected chi connectivity index (χ1v) is 10.7. The molecule has 1 amide bonds. The monoisotopic (exact) mass is 453 g/mol. The third-order valence-corrected chi connectivity index (χ3v) is 5.80. The van der Waals surface area contributed by atoms with Crippen LogP contribution < -0.4 is 14.8 Å². The number of amides is 1. The van der Waals surface area contributed by atoms with Crippen molar-refractivity contribution in [3.05, 3.63) is 71.2 Å². The molecular weight excluding hydrogens is 434 g/mol. The third-order valence-electron chi connectivity index (χ3n) is 4.69. The fourth-order valence-electron chi connectivity index (χ4n) is 3.15. The normalized spacial score (nSPS) is 10.7. The summed E-state index contributed by atoms with van der Waals surface area (Å²) in [6.07, 6.45) is 1.86.